The second-order valence-corrected chi connectivity index (χ2v) is 8.16. The molecule has 0 unspecified atom stereocenters. The topological polar surface area (TPSA) is 47.4 Å². The summed E-state index contributed by atoms with van der Waals surface area (Å²) >= 11 is 7.44. The Morgan fingerprint density at radius 3 is 2.62 bits per heavy atom. The van der Waals surface area contributed by atoms with Crippen LogP contribution >= 0.6 is 22.9 Å². The minimum Gasteiger partial charge on any atom is -0.492 e. The molecule has 0 aliphatic carbocycles. The fourth-order valence-corrected chi connectivity index (χ4v) is 4.32. The van der Waals surface area contributed by atoms with E-state index in [1.807, 2.05) is 72.3 Å². The van der Waals surface area contributed by atoms with E-state index in [1.54, 1.807) is 11.9 Å². The van der Waals surface area contributed by atoms with E-state index < -0.39 is 0 Å². The Balaban J connectivity index is 1.50. The Hall–Kier alpha value is -2.83. The third kappa shape index (κ3) is 4.13. The van der Waals surface area contributed by atoms with E-state index in [9.17, 15) is 4.79 Å². The molecular weight excluding hydrogens is 406 g/mol. The molecule has 0 fully saturated rings. The van der Waals surface area contributed by atoms with Gasteiger partial charge in [-0.2, -0.15) is 5.10 Å². The van der Waals surface area contributed by atoms with Crippen LogP contribution in [-0.4, -0.2) is 40.8 Å². The first-order chi connectivity index (χ1) is 14.0. The molecule has 2 heterocycles. The number of carbonyl (C=O) groups excluding carboxylic acids is 1. The average Bonchev–Trinajstić information content (AvgIpc) is 3.29. The Kier molecular flexibility index (Phi) is 5.56. The monoisotopic (exact) mass is 425 g/mol. The number of benzene rings is 2. The van der Waals surface area contributed by atoms with Crippen molar-refractivity contribution in [3.05, 3.63) is 76.3 Å². The number of aromatic nitrogens is 2. The van der Waals surface area contributed by atoms with Gasteiger partial charge in [0.1, 0.15) is 17.2 Å². The molecule has 0 saturated carbocycles. The number of likely N-dealkylation sites (N-methyl/N-ethyl adjacent to an activating group) is 1. The highest BCUT2D eigenvalue weighted by molar-refractivity contribution is 7.20. The quantitative estimate of drug-likeness (QED) is 0.426. The number of fused-ring (bicyclic) bond motifs is 1. The average molecular weight is 426 g/mol. The van der Waals surface area contributed by atoms with E-state index in [2.05, 4.69) is 5.10 Å². The third-order valence-electron chi connectivity index (χ3n) is 4.61. The third-order valence-corrected chi connectivity index (χ3v) is 5.96. The van der Waals surface area contributed by atoms with E-state index in [0.717, 1.165) is 27.3 Å². The van der Waals surface area contributed by atoms with Gasteiger partial charge in [-0.15, -0.1) is 11.3 Å². The first-order valence-electron chi connectivity index (χ1n) is 9.21. The van der Waals surface area contributed by atoms with E-state index in [4.69, 9.17) is 16.3 Å². The molecule has 5 nitrogen and oxygen atoms in total. The molecule has 0 bridgehead atoms. The lowest BCUT2D eigenvalue weighted by molar-refractivity contribution is 0.0778. The normalized spacial score (nSPS) is 11.0. The second-order valence-electron chi connectivity index (χ2n) is 6.69. The van der Waals surface area contributed by atoms with Gasteiger partial charge >= 0.3 is 0 Å². The molecule has 0 radical (unpaired) electrons. The van der Waals surface area contributed by atoms with Crippen molar-refractivity contribution in [3.63, 3.8) is 0 Å². The summed E-state index contributed by atoms with van der Waals surface area (Å²) in [6.45, 7) is 2.89. The lowest BCUT2D eigenvalue weighted by atomic mass is 10.3. The maximum atomic E-state index is 12.9. The van der Waals surface area contributed by atoms with Gasteiger partial charge in [-0.1, -0.05) is 29.8 Å². The summed E-state index contributed by atoms with van der Waals surface area (Å²) in [6.07, 6.45) is 0. The number of carbonyl (C=O) groups is 1. The van der Waals surface area contributed by atoms with Gasteiger partial charge in [0, 0.05) is 17.5 Å². The SMILES string of the molecule is Cc1nn(-c2ccc(Cl)cc2)c2sc(C(=O)N(C)CCOc3ccccc3)cc12. The zero-order chi connectivity index (χ0) is 20.4. The van der Waals surface area contributed by atoms with Crippen LogP contribution in [0.15, 0.2) is 60.7 Å². The van der Waals surface area contributed by atoms with Gasteiger partial charge in [0.15, 0.2) is 0 Å². The van der Waals surface area contributed by atoms with Crippen LogP contribution in [0.4, 0.5) is 0 Å². The maximum absolute atomic E-state index is 12.9. The fourth-order valence-electron chi connectivity index (χ4n) is 3.02. The summed E-state index contributed by atoms with van der Waals surface area (Å²) in [5, 5.41) is 6.28. The van der Waals surface area contributed by atoms with Crippen LogP contribution in [0.25, 0.3) is 15.9 Å². The van der Waals surface area contributed by atoms with Crippen molar-refractivity contribution in [1.29, 1.82) is 0 Å². The predicted octanol–water partition coefficient (Wildman–Crippen LogP) is 5.20. The minimum atomic E-state index is -0.0232. The molecule has 0 spiro atoms. The molecule has 2 aromatic carbocycles. The van der Waals surface area contributed by atoms with E-state index >= 15 is 0 Å². The van der Waals surface area contributed by atoms with Gasteiger partial charge in [-0.25, -0.2) is 4.68 Å². The molecule has 0 saturated heterocycles. The molecule has 1 amide bonds. The summed E-state index contributed by atoms with van der Waals surface area (Å²) in [6, 6.07) is 19.0. The molecule has 4 rings (SSSR count). The maximum Gasteiger partial charge on any atom is 0.263 e. The first kappa shape index (κ1) is 19.5. The number of halogens is 1. The first-order valence-corrected chi connectivity index (χ1v) is 10.4. The Labute approximate surface area is 178 Å². The minimum absolute atomic E-state index is 0.0232. The number of hydrogen-bond donors (Lipinski definition) is 0. The molecule has 0 N–H and O–H groups in total. The van der Waals surface area contributed by atoms with Crippen molar-refractivity contribution in [3.8, 4) is 11.4 Å². The summed E-state index contributed by atoms with van der Waals surface area (Å²) in [4.78, 5) is 16.2. The van der Waals surface area contributed by atoms with Crippen molar-refractivity contribution in [2.75, 3.05) is 20.2 Å². The van der Waals surface area contributed by atoms with Crippen molar-refractivity contribution in [1.82, 2.24) is 14.7 Å². The van der Waals surface area contributed by atoms with Crippen LogP contribution in [0.2, 0.25) is 5.02 Å². The van der Waals surface area contributed by atoms with Gasteiger partial charge in [0.2, 0.25) is 0 Å². The van der Waals surface area contributed by atoms with Gasteiger partial charge in [-0.3, -0.25) is 4.79 Å². The number of nitrogens with zero attached hydrogens (tertiary/aromatic N) is 3. The van der Waals surface area contributed by atoms with Crippen LogP contribution in [0.5, 0.6) is 5.75 Å². The lowest BCUT2D eigenvalue weighted by Crippen LogP contribution is -2.30. The fraction of sp³-hybridized carbons (Fsp3) is 0.182. The highest BCUT2D eigenvalue weighted by atomic mass is 35.5. The number of para-hydroxylation sites is 1. The van der Waals surface area contributed by atoms with E-state index in [1.165, 1.54) is 11.3 Å². The van der Waals surface area contributed by atoms with Crippen LogP contribution in [0, 0.1) is 6.92 Å². The molecule has 7 heteroatoms. The number of rotatable bonds is 6. The summed E-state index contributed by atoms with van der Waals surface area (Å²) in [7, 11) is 1.79. The Morgan fingerprint density at radius 2 is 1.90 bits per heavy atom. The molecule has 29 heavy (non-hydrogen) atoms. The van der Waals surface area contributed by atoms with Crippen molar-refractivity contribution in [2.24, 2.45) is 0 Å². The molecule has 0 aliphatic rings. The van der Waals surface area contributed by atoms with Gasteiger partial charge < -0.3 is 9.64 Å². The van der Waals surface area contributed by atoms with Crippen LogP contribution in [0.3, 0.4) is 0 Å². The molecular formula is C22H20ClN3O2S. The lowest BCUT2D eigenvalue weighted by Gasteiger charge is -2.16. The predicted molar refractivity (Wildman–Crippen MR) is 118 cm³/mol. The Morgan fingerprint density at radius 1 is 1.17 bits per heavy atom. The van der Waals surface area contributed by atoms with E-state index in [0.29, 0.717) is 23.1 Å². The standard InChI is InChI=1S/C22H20ClN3O2S/c1-15-19-14-20(21(27)25(2)12-13-28-18-6-4-3-5-7-18)29-22(19)26(24-15)17-10-8-16(23)9-11-17/h3-11,14H,12-13H2,1-2H3. The highest BCUT2D eigenvalue weighted by Gasteiger charge is 2.19. The highest BCUT2D eigenvalue weighted by Crippen LogP contribution is 2.31. The van der Waals surface area contributed by atoms with E-state index in [-0.39, 0.29) is 5.91 Å². The zero-order valence-electron chi connectivity index (χ0n) is 16.1. The van der Waals surface area contributed by atoms with Crippen LogP contribution < -0.4 is 4.74 Å². The number of ether oxygens (including phenoxy) is 1. The van der Waals surface area contributed by atoms with Crippen molar-refractivity contribution >= 4 is 39.1 Å². The summed E-state index contributed by atoms with van der Waals surface area (Å²) in [5.74, 6) is 0.777. The summed E-state index contributed by atoms with van der Waals surface area (Å²) in [5.41, 5.74) is 1.80. The second kappa shape index (κ2) is 8.27. The van der Waals surface area contributed by atoms with Gasteiger partial charge in [0.05, 0.1) is 22.8 Å². The zero-order valence-corrected chi connectivity index (χ0v) is 17.7. The number of hydrogen-bond acceptors (Lipinski definition) is 4. The van der Waals surface area contributed by atoms with Gasteiger partial charge in [0.25, 0.3) is 5.91 Å². The molecule has 148 valence electrons. The molecule has 4 aromatic rings. The van der Waals surface area contributed by atoms with Crippen molar-refractivity contribution in [2.45, 2.75) is 6.92 Å². The molecule has 0 atom stereocenters. The molecule has 0 aliphatic heterocycles. The number of thiophene rings is 1. The molecule has 2 aromatic heterocycles. The number of aryl methyl sites for hydroxylation is 1. The largest absolute Gasteiger partial charge is 0.492 e. The van der Waals surface area contributed by atoms with Crippen LogP contribution in [0.1, 0.15) is 15.4 Å². The van der Waals surface area contributed by atoms with Crippen LogP contribution in [-0.2, 0) is 0 Å². The summed E-state index contributed by atoms with van der Waals surface area (Å²) < 4.78 is 7.56. The Bertz CT molecular complexity index is 1140. The smallest absolute Gasteiger partial charge is 0.263 e. The van der Waals surface area contributed by atoms with Gasteiger partial charge in [-0.05, 0) is 49.4 Å². The number of amides is 1. The van der Waals surface area contributed by atoms with Crippen molar-refractivity contribution < 1.29 is 9.53 Å².